The Morgan fingerprint density at radius 2 is 1.58 bits per heavy atom. The van der Waals surface area contributed by atoms with Crippen molar-refractivity contribution in [1.82, 2.24) is 0 Å². The Bertz CT molecular complexity index is 452. The third kappa shape index (κ3) is 6.79. The summed E-state index contributed by atoms with van der Waals surface area (Å²) in [6.07, 6.45) is -2.46. The lowest BCUT2D eigenvalue weighted by Gasteiger charge is -2.34. The van der Waals surface area contributed by atoms with Crippen LogP contribution < -0.4 is 0 Å². The minimum absolute atomic E-state index is 0.382. The largest absolute Gasteiger partial charge is 0.616 e. The van der Waals surface area contributed by atoms with Crippen molar-refractivity contribution in [1.29, 1.82) is 0 Å². The molecular formula is C12H24BF6NO3S. The molecule has 12 heteroatoms. The van der Waals surface area contributed by atoms with E-state index in [1.165, 1.54) is 43.4 Å². The van der Waals surface area contributed by atoms with Gasteiger partial charge in [0.2, 0.25) is 9.69 Å². The standard InChI is InChI=1S/C11H24NO.CBF6O2S/c1-4-7-12(8-5-6-9-12)10-13-11(2)3;3-1(4,5)11(9,10)2(6,7)8/h11H,4-10H2,1-3H3;/q+1;-1. The topological polar surface area (TPSA) is 43.4 Å². The van der Waals surface area contributed by atoms with Gasteiger partial charge < -0.3 is 22.2 Å². The number of hydrogen-bond acceptors (Lipinski definition) is 3. The van der Waals surface area contributed by atoms with E-state index in [1.54, 1.807) is 0 Å². The molecule has 1 aliphatic heterocycles. The zero-order valence-electron chi connectivity index (χ0n) is 14.0. The van der Waals surface area contributed by atoms with Gasteiger partial charge in [-0.1, -0.05) is 6.92 Å². The number of quaternary nitrogens is 1. The molecule has 0 aromatic heterocycles. The van der Waals surface area contributed by atoms with E-state index in [4.69, 9.17) is 4.74 Å². The fraction of sp³-hybridized carbons (Fsp3) is 1.00. The summed E-state index contributed by atoms with van der Waals surface area (Å²) in [6, 6.07) is 0. The van der Waals surface area contributed by atoms with Crippen molar-refractivity contribution in [3.63, 3.8) is 0 Å². The van der Waals surface area contributed by atoms with Crippen molar-refractivity contribution in [2.45, 2.75) is 51.6 Å². The molecule has 0 bridgehead atoms. The van der Waals surface area contributed by atoms with Crippen molar-refractivity contribution in [3.05, 3.63) is 0 Å². The van der Waals surface area contributed by atoms with Crippen LogP contribution in [-0.4, -0.2) is 57.1 Å². The number of ether oxygens (including phenoxy) is 1. The van der Waals surface area contributed by atoms with Crippen LogP contribution in [-0.2, 0) is 14.4 Å². The molecule has 146 valence electrons. The van der Waals surface area contributed by atoms with Crippen LogP contribution in [0.4, 0.5) is 26.1 Å². The summed E-state index contributed by atoms with van der Waals surface area (Å²) < 4.78 is 92.2. The highest BCUT2D eigenvalue weighted by molar-refractivity contribution is 8.20. The Balaban J connectivity index is 0.000000449. The minimum atomic E-state index is -6.95. The van der Waals surface area contributed by atoms with Crippen LogP contribution in [0.25, 0.3) is 0 Å². The van der Waals surface area contributed by atoms with Gasteiger partial charge in [-0.3, -0.25) is 8.42 Å². The highest BCUT2D eigenvalue weighted by Gasteiger charge is 2.58. The number of nitrogens with zero attached hydrogens (tertiary/aromatic N) is 1. The number of likely N-dealkylation sites (tertiary alicyclic amines) is 1. The zero-order chi connectivity index (χ0) is 19.2. The summed E-state index contributed by atoms with van der Waals surface area (Å²) >= 11 is 0. The summed E-state index contributed by atoms with van der Waals surface area (Å²) in [5.41, 5.74) is -6.24. The molecule has 4 nitrogen and oxygen atoms in total. The molecule has 0 aromatic rings. The number of hydrogen-bond donors (Lipinski definition) is 0. The summed E-state index contributed by atoms with van der Waals surface area (Å²) in [6.45, 7) is 11.4. The smallest absolute Gasteiger partial charge is 0.436 e. The number of alkyl halides is 3. The number of halogens is 6. The fourth-order valence-corrected chi connectivity index (χ4v) is 2.66. The van der Waals surface area contributed by atoms with Crippen LogP contribution in [0.3, 0.4) is 0 Å². The summed E-state index contributed by atoms with van der Waals surface area (Å²) in [5, 5.41) is 0. The lowest BCUT2D eigenvalue weighted by atomic mass is 10.3. The van der Waals surface area contributed by atoms with Gasteiger partial charge in [0.1, 0.15) is 0 Å². The second-order valence-electron chi connectivity index (χ2n) is 6.07. The molecular weight excluding hydrogens is 363 g/mol. The molecule has 0 N–H and O–H groups in total. The first kappa shape index (κ1) is 23.5. The first-order valence-electron chi connectivity index (χ1n) is 7.65. The van der Waals surface area contributed by atoms with Crippen LogP contribution in [0, 0.1) is 0 Å². The summed E-state index contributed by atoms with van der Waals surface area (Å²) in [5.74, 6) is 0. The predicted octanol–water partition coefficient (Wildman–Crippen LogP) is 3.65. The second-order valence-corrected chi connectivity index (χ2v) is 8.16. The zero-order valence-corrected chi connectivity index (χ0v) is 14.8. The first-order valence-corrected chi connectivity index (χ1v) is 9.19. The molecule has 0 unspecified atom stereocenters. The lowest BCUT2D eigenvalue weighted by Crippen LogP contribution is -2.48. The van der Waals surface area contributed by atoms with Crippen LogP contribution in [0.5, 0.6) is 0 Å². The second kappa shape index (κ2) is 8.75. The van der Waals surface area contributed by atoms with Gasteiger partial charge in [0.25, 0.3) is 0 Å². The van der Waals surface area contributed by atoms with Gasteiger partial charge in [-0.15, -0.1) is 0 Å². The van der Waals surface area contributed by atoms with Crippen LogP contribution in [0.1, 0.15) is 40.0 Å². The van der Waals surface area contributed by atoms with Crippen molar-refractivity contribution in [2.75, 3.05) is 26.4 Å². The maximum absolute atomic E-state index is 11.1. The van der Waals surface area contributed by atoms with Gasteiger partial charge in [-0.05, 0) is 20.3 Å². The molecule has 0 atom stereocenters. The van der Waals surface area contributed by atoms with E-state index in [1.807, 2.05) is 0 Å². The van der Waals surface area contributed by atoms with Gasteiger partial charge in [-0.2, -0.15) is 13.2 Å². The third-order valence-electron chi connectivity index (χ3n) is 3.57. The maximum Gasteiger partial charge on any atom is 0.616 e. The number of rotatable bonds is 6. The van der Waals surface area contributed by atoms with Crippen LogP contribution in [0.2, 0.25) is 0 Å². The Hall–Kier alpha value is -0.485. The van der Waals surface area contributed by atoms with E-state index in [2.05, 4.69) is 20.8 Å². The maximum atomic E-state index is 11.1. The quantitative estimate of drug-likeness (QED) is 0.397. The Kier molecular flexibility index (Phi) is 8.57. The highest BCUT2D eigenvalue weighted by atomic mass is 32.2. The summed E-state index contributed by atoms with van der Waals surface area (Å²) in [7, 11) is -6.95. The van der Waals surface area contributed by atoms with E-state index in [0.717, 1.165) is 6.73 Å². The fourth-order valence-electron chi connectivity index (χ4n) is 2.36. The Labute approximate surface area is 138 Å². The Morgan fingerprint density at radius 3 is 1.83 bits per heavy atom. The molecule has 0 radical (unpaired) electrons. The van der Waals surface area contributed by atoms with Gasteiger partial charge in [0.15, 0.2) is 6.73 Å². The van der Waals surface area contributed by atoms with E-state index in [-0.39, 0.29) is 0 Å². The molecule has 24 heavy (non-hydrogen) atoms. The molecule has 0 spiro atoms. The lowest BCUT2D eigenvalue weighted by molar-refractivity contribution is -0.935. The first-order chi connectivity index (χ1) is 10.7. The SMILES string of the molecule is CCC[N+]1(COC(C)C)CCCC1.O=S(=O)([B-](F)(F)F)C(F)(F)F. The van der Waals surface area contributed by atoms with E-state index < -0.39 is 21.5 Å². The van der Waals surface area contributed by atoms with Crippen LogP contribution in [0.15, 0.2) is 0 Å². The normalized spacial score (nSPS) is 18.4. The molecule has 1 aliphatic rings. The van der Waals surface area contributed by atoms with Crippen molar-refractivity contribution in [2.24, 2.45) is 0 Å². The average Bonchev–Trinajstić information content (AvgIpc) is 2.84. The van der Waals surface area contributed by atoms with Gasteiger partial charge in [-0.25, -0.2) is 0 Å². The average molecular weight is 387 g/mol. The van der Waals surface area contributed by atoms with Crippen molar-refractivity contribution in [3.8, 4) is 0 Å². The summed E-state index contributed by atoms with van der Waals surface area (Å²) in [4.78, 5) is 0. The van der Waals surface area contributed by atoms with Gasteiger partial charge >= 0.3 is 11.8 Å². The Morgan fingerprint density at radius 1 is 1.12 bits per heavy atom. The highest BCUT2D eigenvalue weighted by Crippen LogP contribution is 2.33. The van der Waals surface area contributed by atoms with Crippen molar-refractivity contribution < 1.29 is 43.8 Å². The van der Waals surface area contributed by atoms with Gasteiger partial charge in [0, 0.05) is 12.8 Å². The molecule has 1 saturated heterocycles. The molecule has 0 amide bonds. The van der Waals surface area contributed by atoms with Gasteiger partial charge in [0.05, 0.1) is 25.7 Å². The van der Waals surface area contributed by atoms with E-state index >= 15 is 0 Å². The molecule has 0 aliphatic carbocycles. The molecule has 1 rings (SSSR count). The molecule has 1 heterocycles. The molecule has 1 fully saturated rings. The third-order valence-corrected chi connectivity index (χ3v) is 4.92. The van der Waals surface area contributed by atoms with Crippen molar-refractivity contribution >= 4 is 15.9 Å². The van der Waals surface area contributed by atoms with E-state index in [9.17, 15) is 34.5 Å². The van der Waals surface area contributed by atoms with Crippen LogP contribution >= 0.6 is 0 Å². The van der Waals surface area contributed by atoms with E-state index in [0.29, 0.717) is 6.10 Å². The predicted molar refractivity (Wildman–Crippen MR) is 79.5 cm³/mol. The molecule has 0 aromatic carbocycles. The minimum Gasteiger partial charge on any atom is -0.436 e. The monoisotopic (exact) mass is 387 g/mol. The molecule has 0 saturated carbocycles.